The Kier molecular flexibility index (Phi) is 34.3. The predicted molar refractivity (Wildman–Crippen MR) is 367 cm³/mol. The van der Waals surface area contributed by atoms with Gasteiger partial charge in [0.05, 0.1) is 72.1 Å². The predicted octanol–water partition coefficient (Wildman–Crippen LogP) is 13.8. The van der Waals surface area contributed by atoms with E-state index in [1.165, 1.54) is 22.6 Å². The molecule has 0 radical (unpaired) electrons. The first-order valence-electron chi connectivity index (χ1n) is 29.1. The van der Waals surface area contributed by atoms with Crippen molar-refractivity contribution in [3.05, 3.63) is 199 Å². The maximum atomic E-state index is 12.5. The van der Waals surface area contributed by atoms with Crippen LogP contribution in [-0.2, 0) is 14.4 Å². The van der Waals surface area contributed by atoms with Gasteiger partial charge in [0, 0.05) is 54.4 Å². The molecule has 93 heavy (non-hydrogen) atoms. The topological polar surface area (TPSA) is 290 Å². The molecule has 2 aliphatic heterocycles. The third kappa shape index (κ3) is 26.0. The second kappa shape index (κ2) is 41.6. The van der Waals surface area contributed by atoms with Gasteiger partial charge in [-0.3, -0.25) is 24.0 Å². The number of aromatic nitrogens is 2. The molecule has 7 aromatic rings. The number of nitrogens with two attached hydrogens (primary N) is 1. The van der Waals surface area contributed by atoms with E-state index in [2.05, 4.69) is 65.1 Å². The van der Waals surface area contributed by atoms with Crippen molar-refractivity contribution < 1.29 is 58.1 Å². The summed E-state index contributed by atoms with van der Waals surface area (Å²) in [5.74, 6) is 0.964. The van der Waals surface area contributed by atoms with Gasteiger partial charge in [-0.2, -0.15) is 4.98 Å². The highest BCUT2D eigenvalue weighted by Crippen LogP contribution is 2.33. The lowest BCUT2D eigenvalue weighted by Crippen LogP contribution is -2.45. The summed E-state index contributed by atoms with van der Waals surface area (Å²) < 4.78 is 22.6. The van der Waals surface area contributed by atoms with Crippen molar-refractivity contribution in [1.29, 1.82) is 0 Å². The van der Waals surface area contributed by atoms with Gasteiger partial charge in [0.2, 0.25) is 23.5 Å². The summed E-state index contributed by atoms with van der Waals surface area (Å²) in [6.07, 6.45) is 2.36. The van der Waals surface area contributed by atoms with Crippen LogP contribution in [0.5, 0.6) is 23.0 Å². The van der Waals surface area contributed by atoms with Gasteiger partial charge in [0.15, 0.2) is 17.2 Å². The fourth-order valence-electron chi connectivity index (χ4n) is 8.49. The van der Waals surface area contributed by atoms with Gasteiger partial charge >= 0.3 is 5.97 Å². The SMILES string of the molecule is CCI.CCOc1ccc(-c2noc(C3CCN(C(=O)CNC(=O)c4ccccc4)CC3)n2)cc1Cl.CCOc1ccc(/C(N)=N/O)cc1Cl.O=C(NCC(=O)N1CCC(C(=O)O)CC1)c1ccccc1.[C-]#[N+]c1ccc(O)c(Cl)c1.[C-]#[N+]c1ccc(OCC)c(Cl)c1. The molecule has 27 heteroatoms. The molecule has 22 nitrogen and oxygen atoms in total. The summed E-state index contributed by atoms with van der Waals surface area (Å²) in [5, 5.41) is 40.1. The summed E-state index contributed by atoms with van der Waals surface area (Å²) in [7, 11) is 0. The zero-order valence-electron chi connectivity index (χ0n) is 51.4. The molecule has 0 spiro atoms. The Morgan fingerprint density at radius 2 is 1.06 bits per heavy atom. The molecule has 0 bridgehead atoms. The maximum absolute atomic E-state index is 12.5. The number of carboxylic acids is 1. The summed E-state index contributed by atoms with van der Waals surface area (Å²) in [4.78, 5) is 73.5. The second-order valence-electron chi connectivity index (χ2n) is 19.5. The van der Waals surface area contributed by atoms with Crippen LogP contribution < -0.4 is 30.6 Å². The molecule has 7 N–H and O–H groups in total. The number of carbonyl (C=O) groups excluding carboxylic acids is 4. The van der Waals surface area contributed by atoms with Crippen molar-refractivity contribution in [1.82, 2.24) is 30.6 Å². The van der Waals surface area contributed by atoms with E-state index >= 15 is 0 Å². The van der Waals surface area contributed by atoms with E-state index in [1.807, 2.05) is 39.0 Å². The van der Waals surface area contributed by atoms with Crippen molar-refractivity contribution in [3.63, 3.8) is 0 Å². The van der Waals surface area contributed by atoms with E-state index in [4.69, 9.17) is 99.4 Å². The number of carboxylic acid groups (broad SMARTS) is 1. The van der Waals surface area contributed by atoms with Crippen LogP contribution in [0.25, 0.3) is 21.1 Å². The van der Waals surface area contributed by atoms with Crippen molar-refractivity contribution in [2.45, 2.75) is 59.3 Å². The van der Waals surface area contributed by atoms with Gasteiger partial charge in [-0.25, -0.2) is 9.69 Å². The van der Waals surface area contributed by atoms with Crippen LogP contribution in [0.4, 0.5) is 11.4 Å². The minimum Gasteiger partial charge on any atom is -0.507 e. The third-order valence-corrected chi connectivity index (χ3v) is 14.4. The molecule has 2 aliphatic rings. The molecular formula is C66H71Cl4IN10O12. The van der Waals surface area contributed by atoms with Crippen LogP contribution in [0.1, 0.15) is 91.5 Å². The first-order chi connectivity index (χ1) is 44.7. The molecule has 3 heterocycles. The Morgan fingerprint density at radius 1 is 0.634 bits per heavy atom. The zero-order chi connectivity index (χ0) is 68.2. The molecule has 2 saturated heterocycles. The van der Waals surface area contributed by atoms with Gasteiger partial charge in [0.25, 0.3) is 11.8 Å². The molecule has 0 unspecified atom stereocenters. The van der Waals surface area contributed by atoms with Gasteiger partial charge in [-0.15, -0.1) is 0 Å². The Morgan fingerprint density at radius 3 is 1.48 bits per heavy atom. The number of hydrogen-bond donors (Lipinski definition) is 6. The van der Waals surface area contributed by atoms with E-state index in [1.54, 1.807) is 107 Å². The highest BCUT2D eigenvalue weighted by Gasteiger charge is 2.29. The van der Waals surface area contributed by atoms with Crippen molar-refractivity contribution >= 4 is 116 Å². The van der Waals surface area contributed by atoms with Crippen LogP contribution in [-0.4, -0.2) is 134 Å². The van der Waals surface area contributed by atoms with Crippen molar-refractivity contribution in [2.24, 2.45) is 16.8 Å². The van der Waals surface area contributed by atoms with Crippen LogP contribution in [0.3, 0.4) is 0 Å². The van der Waals surface area contributed by atoms with Gasteiger partial charge in [-0.1, -0.05) is 135 Å². The van der Waals surface area contributed by atoms with Crippen molar-refractivity contribution in [2.75, 3.05) is 63.5 Å². The number of amidine groups is 1. The minimum atomic E-state index is -0.806. The van der Waals surface area contributed by atoms with Gasteiger partial charge < -0.3 is 60.3 Å². The number of likely N-dealkylation sites (tertiary alicyclic amines) is 2. The van der Waals surface area contributed by atoms with Gasteiger partial charge in [-0.05, 0) is 136 Å². The number of phenolic OH excluding ortho intramolecular Hbond substituents is 1. The van der Waals surface area contributed by atoms with Crippen LogP contribution in [0.15, 0.2) is 143 Å². The summed E-state index contributed by atoms with van der Waals surface area (Å²) in [6, 6.07) is 37.2. The number of ether oxygens (including phenoxy) is 3. The largest absolute Gasteiger partial charge is 0.507 e. The Labute approximate surface area is 573 Å². The maximum Gasteiger partial charge on any atom is 0.306 e. The molecule has 492 valence electrons. The number of hydrogen-bond acceptors (Lipinski definition) is 14. The molecular weight excluding hydrogens is 1390 g/mol. The number of nitrogens with zero attached hydrogens (tertiary/aromatic N) is 7. The zero-order valence-corrected chi connectivity index (χ0v) is 56.6. The number of amides is 4. The Hall–Kier alpha value is -8.85. The number of aliphatic carboxylic acids is 1. The van der Waals surface area contributed by atoms with Gasteiger partial charge in [0.1, 0.15) is 23.0 Å². The van der Waals surface area contributed by atoms with E-state index in [0.717, 1.165) is 5.56 Å². The first kappa shape index (κ1) is 76.6. The number of phenols is 1. The molecule has 0 atom stereocenters. The molecule has 0 saturated carbocycles. The molecule has 6 aromatic carbocycles. The summed E-state index contributed by atoms with van der Waals surface area (Å²) in [6.45, 7) is 24.7. The molecule has 2 fully saturated rings. The lowest BCUT2D eigenvalue weighted by atomic mass is 9.96. The minimum absolute atomic E-state index is 0.00840. The number of piperidine rings is 2. The number of rotatable bonds is 16. The summed E-state index contributed by atoms with van der Waals surface area (Å²) in [5.41, 5.74) is 8.70. The first-order valence-corrected chi connectivity index (χ1v) is 32.1. The second-order valence-corrected chi connectivity index (χ2v) is 22.7. The molecule has 9 rings (SSSR count). The quantitative estimate of drug-likeness (QED) is 0.00997. The van der Waals surface area contributed by atoms with E-state index < -0.39 is 5.97 Å². The third-order valence-electron chi connectivity index (χ3n) is 13.2. The number of carbonyl (C=O) groups is 5. The fourth-order valence-corrected chi connectivity index (χ4v) is 9.36. The lowest BCUT2D eigenvalue weighted by molar-refractivity contribution is -0.145. The van der Waals surface area contributed by atoms with E-state index in [-0.39, 0.29) is 65.2 Å². The highest BCUT2D eigenvalue weighted by molar-refractivity contribution is 14.1. The fraction of sp³-hybridized carbons (Fsp3) is 0.303. The number of oxime groups is 1. The molecule has 0 aliphatic carbocycles. The molecule has 4 amide bonds. The summed E-state index contributed by atoms with van der Waals surface area (Å²) >= 11 is 25.8. The number of alkyl halides is 1. The Bertz CT molecular complexity index is 3650. The van der Waals surface area contributed by atoms with Crippen LogP contribution >= 0.6 is 69.0 Å². The van der Waals surface area contributed by atoms with Crippen molar-refractivity contribution in [3.8, 4) is 34.4 Å². The van der Waals surface area contributed by atoms with Crippen LogP contribution in [0.2, 0.25) is 20.1 Å². The smallest absolute Gasteiger partial charge is 0.306 e. The lowest BCUT2D eigenvalue weighted by Gasteiger charge is -2.30. The highest BCUT2D eigenvalue weighted by atomic mass is 127. The van der Waals surface area contributed by atoms with Crippen LogP contribution in [0, 0.1) is 19.1 Å². The van der Waals surface area contributed by atoms with E-state index in [0.29, 0.717) is 144 Å². The number of halogens is 5. The number of aromatic hydroxyl groups is 1. The average molecular weight is 1470 g/mol. The Balaban J connectivity index is 0.000000264. The standard InChI is InChI=1S/C24H25ClN4O4.C15H18N2O4.C9H11ClN2O2.C9H8ClNO.C7H4ClNO.C2H5I/c1-2-32-20-9-8-18(14-19(20)25)22-27-24(33-28-22)17-10-12-29(13-11-17)21(30)15-26-23(31)16-6-4-3-5-7-16;18-13(17-8-6-12(7-9-17)15(20)21)10-16-14(19)11-4-2-1-3-5-11;1-2-14-8-4-3-6(5-7(8)10)9(11)12-13;1-3-12-9-5-4-7(11-2)6-8(9)10;1-9-5-2-3-7(10)6(8)4-5;1-2-3/h3-9,14,17H,2,10-13,15H2,1H3,(H,26,31);1-5,12H,6-10H2,(H,16,19)(H,20,21);3-5,13H,2H2,1H3,(H2,11,12);4-6H,3H2,1H3;2-4,10H;2H2,1H3. The average Bonchev–Trinajstić information content (AvgIpc) is 1.84. The monoisotopic (exact) mass is 1460 g/mol. The van der Waals surface area contributed by atoms with E-state index in [9.17, 15) is 24.0 Å². The molecule has 1 aromatic heterocycles. The number of nitrogens with one attached hydrogen (secondary N) is 2. The normalized spacial score (nSPS) is 12.6. The number of benzene rings is 6.